The minimum Gasteiger partial charge on any atom is -0.339 e. The number of rotatable bonds is 4. The first kappa shape index (κ1) is 13.5. The molecule has 1 fully saturated rings. The van der Waals surface area contributed by atoms with Crippen molar-refractivity contribution in [1.82, 2.24) is 10.1 Å². The molecule has 1 saturated carbocycles. The van der Waals surface area contributed by atoms with Crippen LogP contribution >= 0.6 is 0 Å². The molecule has 102 valence electrons. The predicted octanol–water partition coefficient (Wildman–Crippen LogP) is 2.82. The van der Waals surface area contributed by atoms with Gasteiger partial charge in [-0.15, -0.1) is 0 Å². The molecule has 2 rings (SSSR count). The SMILES string of the molecule is CC(C)Cc1noc(C2(CN)CCCCCC2)n1. The van der Waals surface area contributed by atoms with Crippen molar-refractivity contribution >= 4 is 0 Å². The third-order valence-electron chi connectivity index (χ3n) is 3.96. The van der Waals surface area contributed by atoms with Crippen LogP contribution in [0, 0.1) is 5.92 Å². The second-order valence-electron chi connectivity index (χ2n) is 6.01. The Kier molecular flexibility index (Phi) is 4.38. The summed E-state index contributed by atoms with van der Waals surface area (Å²) in [5.74, 6) is 2.16. The summed E-state index contributed by atoms with van der Waals surface area (Å²) in [6, 6.07) is 0. The van der Waals surface area contributed by atoms with E-state index in [1.54, 1.807) is 0 Å². The number of hydrogen-bond donors (Lipinski definition) is 1. The van der Waals surface area contributed by atoms with E-state index in [1.807, 2.05) is 0 Å². The third kappa shape index (κ3) is 2.91. The van der Waals surface area contributed by atoms with Gasteiger partial charge >= 0.3 is 0 Å². The molecule has 0 aromatic carbocycles. The number of nitrogens with zero attached hydrogens (tertiary/aromatic N) is 2. The van der Waals surface area contributed by atoms with E-state index in [1.165, 1.54) is 25.7 Å². The fourth-order valence-electron chi connectivity index (χ4n) is 2.83. The summed E-state index contributed by atoms with van der Waals surface area (Å²) >= 11 is 0. The van der Waals surface area contributed by atoms with Gasteiger partial charge < -0.3 is 10.3 Å². The molecule has 0 amide bonds. The van der Waals surface area contributed by atoms with Gasteiger partial charge in [0.15, 0.2) is 5.82 Å². The normalized spacial score (nSPS) is 20.0. The maximum atomic E-state index is 6.02. The minimum absolute atomic E-state index is 0.0568. The van der Waals surface area contributed by atoms with Gasteiger partial charge in [0, 0.05) is 13.0 Å². The molecule has 4 heteroatoms. The monoisotopic (exact) mass is 251 g/mol. The molecule has 0 atom stereocenters. The molecule has 0 spiro atoms. The van der Waals surface area contributed by atoms with Crippen molar-refractivity contribution in [3.8, 4) is 0 Å². The summed E-state index contributed by atoms with van der Waals surface area (Å²) in [7, 11) is 0. The van der Waals surface area contributed by atoms with Gasteiger partial charge in [0.2, 0.25) is 5.89 Å². The molecule has 18 heavy (non-hydrogen) atoms. The van der Waals surface area contributed by atoms with Gasteiger partial charge in [-0.1, -0.05) is 44.7 Å². The second kappa shape index (κ2) is 5.83. The van der Waals surface area contributed by atoms with Crippen molar-refractivity contribution in [1.29, 1.82) is 0 Å². The zero-order chi connectivity index (χ0) is 13.0. The van der Waals surface area contributed by atoms with E-state index in [0.29, 0.717) is 12.5 Å². The zero-order valence-corrected chi connectivity index (χ0v) is 11.6. The summed E-state index contributed by atoms with van der Waals surface area (Å²) < 4.78 is 5.51. The maximum absolute atomic E-state index is 6.02. The average molecular weight is 251 g/mol. The van der Waals surface area contributed by atoms with Crippen LogP contribution < -0.4 is 5.73 Å². The van der Waals surface area contributed by atoms with Crippen LogP contribution in [-0.4, -0.2) is 16.7 Å². The third-order valence-corrected chi connectivity index (χ3v) is 3.96. The van der Waals surface area contributed by atoms with E-state index >= 15 is 0 Å². The standard InChI is InChI=1S/C14H25N3O/c1-11(2)9-12-16-13(18-17-12)14(10-15)7-5-3-4-6-8-14/h11H,3-10,15H2,1-2H3. The van der Waals surface area contributed by atoms with Crippen molar-refractivity contribution < 1.29 is 4.52 Å². The molecule has 0 saturated heterocycles. The van der Waals surface area contributed by atoms with Crippen LogP contribution in [0.4, 0.5) is 0 Å². The molecule has 1 heterocycles. The van der Waals surface area contributed by atoms with Gasteiger partial charge in [-0.05, 0) is 18.8 Å². The molecule has 4 nitrogen and oxygen atoms in total. The Labute approximate surface area is 109 Å². The molecule has 1 aliphatic carbocycles. The van der Waals surface area contributed by atoms with Crippen LogP contribution in [0.3, 0.4) is 0 Å². The lowest BCUT2D eigenvalue weighted by Crippen LogP contribution is -2.35. The number of aromatic nitrogens is 2. The lowest BCUT2D eigenvalue weighted by atomic mass is 9.80. The number of hydrogen-bond acceptors (Lipinski definition) is 4. The molecule has 0 bridgehead atoms. The van der Waals surface area contributed by atoms with Gasteiger partial charge in [0.1, 0.15) is 0 Å². The van der Waals surface area contributed by atoms with Crippen molar-refractivity contribution in [2.45, 2.75) is 64.2 Å². The highest BCUT2D eigenvalue weighted by atomic mass is 16.5. The first-order valence-corrected chi connectivity index (χ1v) is 7.19. The smallest absolute Gasteiger partial charge is 0.234 e. The van der Waals surface area contributed by atoms with Crippen molar-refractivity contribution in [3.05, 3.63) is 11.7 Å². The van der Waals surface area contributed by atoms with E-state index in [4.69, 9.17) is 10.3 Å². The zero-order valence-electron chi connectivity index (χ0n) is 11.6. The minimum atomic E-state index is -0.0568. The molecule has 0 unspecified atom stereocenters. The van der Waals surface area contributed by atoms with Crippen LogP contribution in [0.1, 0.15) is 64.1 Å². The van der Waals surface area contributed by atoms with E-state index in [2.05, 4.69) is 24.0 Å². The van der Waals surface area contributed by atoms with Crippen LogP contribution in [0.15, 0.2) is 4.52 Å². The summed E-state index contributed by atoms with van der Waals surface area (Å²) in [5.41, 5.74) is 5.97. The lowest BCUT2D eigenvalue weighted by molar-refractivity contribution is 0.256. The number of nitrogens with two attached hydrogens (primary N) is 1. The molecule has 1 aliphatic rings. The molecular formula is C14H25N3O. The summed E-state index contributed by atoms with van der Waals surface area (Å²) in [4.78, 5) is 4.60. The molecule has 2 N–H and O–H groups in total. The van der Waals surface area contributed by atoms with Gasteiger partial charge in [0.05, 0.1) is 5.41 Å². The van der Waals surface area contributed by atoms with Gasteiger partial charge in [0.25, 0.3) is 0 Å². The Hall–Kier alpha value is -0.900. The molecular weight excluding hydrogens is 226 g/mol. The molecule has 0 aliphatic heterocycles. The summed E-state index contributed by atoms with van der Waals surface area (Å²) in [6.45, 7) is 4.96. The molecule has 1 aromatic rings. The van der Waals surface area contributed by atoms with E-state index in [-0.39, 0.29) is 5.41 Å². The maximum Gasteiger partial charge on any atom is 0.234 e. The van der Waals surface area contributed by atoms with Crippen LogP contribution in [-0.2, 0) is 11.8 Å². The quantitative estimate of drug-likeness (QED) is 0.836. The van der Waals surface area contributed by atoms with Gasteiger partial charge in [-0.3, -0.25) is 0 Å². The molecule has 1 aromatic heterocycles. The highest BCUT2D eigenvalue weighted by Crippen LogP contribution is 2.36. The Bertz CT molecular complexity index is 365. The average Bonchev–Trinajstić information content (AvgIpc) is 2.66. The molecule has 0 radical (unpaired) electrons. The van der Waals surface area contributed by atoms with Crippen LogP contribution in [0.5, 0.6) is 0 Å². The first-order valence-electron chi connectivity index (χ1n) is 7.19. The topological polar surface area (TPSA) is 64.9 Å². The fraction of sp³-hybridized carbons (Fsp3) is 0.857. The Morgan fingerprint density at radius 2 is 1.89 bits per heavy atom. The largest absolute Gasteiger partial charge is 0.339 e. The Morgan fingerprint density at radius 1 is 1.22 bits per heavy atom. The van der Waals surface area contributed by atoms with E-state index < -0.39 is 0 Å². The summed E-state index contributed by atoms with van der Waals surface area (Å²) in [6.07, 6.45) is 8.10. The van der Waals surface area contributed by atoms with Crippen LogP contribution in [0.2, 0.25) is 0 Å². The van der Waals surface area contributed by atoms with Crippen molar-refractivity contribution in [2.24, 2.45) is 11.7 Å². The summed E-state index contributed by atoms with van der Waals surface area (Å²) in [5, 5.41) is 4.11. The van der Waals surface area contributed by atoms with Crippen molar-refractivity contribution in [3.63, 3.8) is 0 Å². The predicted molar refractivity (Wildman–Crippen MR) is 71.3 cm³/mol. The van der Waals surface area contributed by atoms with Crippen LogP contribution in [0.25, 0.3) is 0 Å². The fourth-order valence-corrected chi connectivity index (χ4v) is 2.83. The second-order valence-corrected chi connectivity index (χ2v) is 6.01. The lowest BCUT2D eigenvalue weighted by Gasteiger charge is -2.26. The Balaban J connectivity index is 2.17. The van der Waals surface area contributed by atoms with E-state index in [0.717, 1.165) is 31.0 Å². The Morgan fingerprint density at radius 3 is 2.44 bits per heavy atom. The first-order chi connectivity index (χ1) is 8.66. The van der Waals surface area contributed by atoms with Gasteiger partial charge in [-0.2, -0.15) is 4.98 Å². The highest BCUT2D eigenvalue weighted by Gasteiger charge is 2.37. The van der Waals surface area contributed by atoms with E-state index in [9.17, 15) is 0 Å². The highest BCUT2D eigenvalue weighted by molar-refractivity contribution is 5.07. The van der Waals surface area contributed by atoms with Gasteiger partial charge in [-0.25, -0.2) is 0 Å². The van der Waals surface area contributed by atoms with Crippen molar-refractivity contribution in [2.75, 3.05) is 6.54 Å².